The third-order valence-electron chi connectivity index (χ3n) is 3.72. The van der Waals surface area contributed by atoms with Crippen molar-refractivity contribution >= 4 is 17.3 Å². The van der Waals surface area contributed by atoms with Crippen molar-refractivity contribution in [1.82, 2.24) is 15.5 Å². The lowest BCUT2D eigenvalue weighted by molar-refractivity contribution is -0.384. The molecule has 2 aromatic carbocycles. The Bertz CT molecular complexity index is 908. The Labute approximate surface area is 149 Å². The number of para-hydroxylation sites is 2. The number of hydrogen-bond acceptors (Lipinski definition) is 5. The number of nitro benzene ring substituents is 1. The van der Waals surface area contributed by atoms with E-state index in [0.29, 0.717) is 30.2 Å². The van der Waals surface area contributed by atoms with E-state index in [-0.39, 0.29) is 11.6 Å². The van der Waals surface area contributed by atoms with Gasteiger partial charge in [-0.2, -0.15) is 5.10 Å². The van der Waals surface area contributed by atoms with Crippen LogP contribution in [0, 0.1) is 10.1 Å². The second kappa shape index (κ2) is 7.93. The highest BCUT2D eigenvalue weighted by Crippen LogP contribution is 2.22. The minimum Gasteiger partial charge on any atom is -0.378 e. The van der Waals surface area contributed by atoms with Gasteiger partial charge in [0.2, 0.25) is 0 Å². The monoisotopic (exact) mass is 351 g/mol. The normalized spacial score (nSPS) is 10.3. The van der Waals surface area contributed by atoms with Crippen LogP contribution in [-0.4, -0.2) is 34.1 Å². The second-order valence-corrected chi connectivity index (χ2v) is 5.49. The number of rotatable bonds is 7. The summed E-state index contributed by atoms with van der Waals surface area (Å²) in [5.74, 6) is -0.288. The number of nitro groups is 1. The van der Waals surface area contributed by atoms with Crippen molar-refractivity contribution in [3.05, 3.63) is 76.5 Å². The number of nitrogens with zero attached hydrogens (tertiary/aromatic N) is 2. The molecule has 132 valence electrons. The fourth-order valence-electron chi connectivity index (χ4n) is 2.45. The summed E-state index contributed by atoms with van der Waals surface area (Å²) in [4.78, 5) is 22.7. The molecule has 26 heavy (non-hydrogen) atoms. The van der Waals surface area contributed by atoms with E-state index in [4.69, 9.17) is 0 Å². The number of hydrogen-bond donors (Lipinski definition) is 3. The van der Waals surface area contributed by atoms with Crippen LogP contribution in [0.25, 0.3) is 11.3 Å². The van der Waals surface area contributed by atoms with Crippen LogP contribution in [-0.2, 0) is 0 Å². The highest BCUT2D eigenvalue weighted by atomic mass is 16.6. The standard InChI is InChI=1S/C18H17N5O3/c24-18(16-12-15(21-22-16)13-6-2-1-3-7-13)20-11-10-19-14-8-4-5-9-17(14)23(25)26/h1-9,12,19H,10-11H2,(H,20,24)(H,21,22). The van der Waals surface area contributed by atoms with Gasteiger partial charge in [-0.05, 0) is 12.1 Å². The first-order valence-corrected chi connectivity index (χ1v) is 8.01. The number of carbonyl (C=O) groups is 1. The predicted molar refractivity (Wildman–Crippen MR) is 97.9 cm³/mol. The molecule has 1 amide bonds. The Morgan fingerprint density at radius 3 is 2.58 bits per heavy atom. The van der Waals surface area contributed by atoms with Crippen LogP contribution in [0.2, 0.25) is 0 Å². The minimum atomic E-state index is -0.448. The van der Waals surface area contributed by atoms with Crippen LogP contribution >= 0.6 is 0 Å². The lowest BCUT2D eigenvalue weighted by Gasteiger charge is -2.07. The largest absolute Gasteiger partial charge is 0.378 e. The van der Waals surface area contributed by atoms with E-state index in [0.717, 1.165) is 5.56 Å². The Balaban J connectivity index is 1.52. The molecular weight excluding hydrogens is 334 g/mol. The highest BCUT2D eigenvalue weighted by molar-refractivity contribution is 5.93. The molecule has 0 radical (unpaired) electrons. The van der Waals surface area contributed by atoms with Crippen LogP contribution in [0.4, 0.5) is 11.4 Å². The van der Waals surface area contributed by atoms with Gasteiger partial charge in [0.1, 0.15) is 11.4 Å². The van der Waals surface area contributed by atoms with Crippen LogP contribution in [0.15, 0.2) is 60.7 Å². The molecule has 8 heteroatoms. The van der Waals surface area contributed by atoms with Crippen LogP contribution in [0.1, 0.15) is 10.5 Å². The number of anilines is 1. The quantitative estimate of drug-likeness (QED) is 0.344. The zero-order valence-corrected chi connectivity index (χ0v) is 13.8. The molecule has 3 aromatic rings. The zero-order chi connectivity index (χ0) is 18.4. The van der Waals surface area contributed by atoms with Gasteiger partial charge >= 0.3 is 0 Å². The summed E-state index contributed by atoms with van der Waals surface area (Å²) in [7, 11) is 0. The van der Waals surface area contributed by atoms with Crippen LogP contribution in [0.5, 0.6) is 0 Å². The Hall–Kier alpha value is -3.68. The maximum Gasteiger partial charge on any atom is 0.292 e. The molecule has 0 aliphatic carbocycles. The lowest BCUT2D eigenvalue weighted by Crippen LogP contribution is -2.29. The smallest absolute Gasteiger partial charge is 0.292 e. The molecule has 0 fully saturated rings. The zero-order valence-electron chi connectivity index (χ0n) is 13.8. The summed E-state index contributed by atoms with van der Waals surface area (Å²) in [6.45, 7) is 0.668. The van der Waals surface area contributed by atoms with Gasteiger partial charge in [0.05, 0.1) is 10.6 Å². The summed E-state index contributed by atoms with van der Waals surface area (Å²) in [6.07, 6.45) is 0. The van der Waals surface area contributed by atoms with Crippen molar-refractivity contribution in [3.8, 4) is 11.3 Å². The van der Waals surface area contributed by atoms with Crippen LogP contribution < -0.4 is 10.6 Å². The third-order valence-corrected chi connectivity index (χ3v) is 3.72. The van der Waals surface area contributed by atoms with Gasteiger partial charge in [-0.25, -0.2) is 0 Å². The number of benzene rings is 2. The molecule has 0 spiro atoms. The molecule has 0 unspecified atom stereocenters. The molecule has 0 saturated carbocycles. The first-order valence-electron chi connectivity index (χ1n) is 8.01. The van der Waals surface area contributed by atoms with E-state index < -0.39 is 4.92 Å². The first-order chi connectivity index (χ1) is 12.6. The van der Waals surface area contributed by atoms with Gasteiger partial charge in [0.25, 0.3) is 11.6 Å². The highest BCUT2D eigenvalue weighted by Gasteiger charge is 2.12. The average molecular weight is 351 g/mol. The number of H-pyrrole nitrogens is 1. The topological polar surface area (TPSA) is 113 Å². The van der Waals surface area contributed by atoms with Gasteiger partial charge < -0.3 is 10.6 Å². The number of aromatic amines is 1. The number of aromatic nitrogens is 2. The number of amides is 1. The van der Waals surface area contributed by atoms with Gasteiger partial charge in [-0.15, -0.1) is 0 Å². The number of nitrogens with one attached hydrogen (secondary N) is 3. The second-order valence-electron chi connectivity index (χ2n) is 5.49. The van der Waals surface area contributed by atoms with Crippen molar-refractivity contribution < 1.29 is 9.72 Å². The van der Waals surface area contributed by atoms with E-state index in [2.05, 4.69) is 20.8 Å². The molecule has 0 bridgehead atoms. The van der Waals surface area contributed by atoms with E-state index in [1.54, 1.807) is 24.3 Å². The Morgan fingerprint density at radius 1 is 1.08 bits per heavy atom. The van der Waals surface area contributed by atoms with Crippen LogP contribution in [0.3, 0.4) is 0 Å². The van der Waals surface area contributed by atoms with E-state index in [1.807, 2.05) is 30.3 Å². The molecular formula is C18H17N5O3. The van der Waals surface area contributed by atoms with E-state index in [9.17, 15) is 14.9 Å². The van der Waals surface area contributed by atoms with Crippen molar-refractivity contribution in [2.45, 2.75) is 0 Å². The molecule has 0 aliphatic heterocycles. The molecule has 1 aromatic heterocycles. The van der Waals surface area contributed by atoms with Gasteiger partial charge in [-0.3, -0.25) is 20.0 Å². The van der Waals surface area contributed by atoms with Gasteiger partial charge in [-0.1, -0.05) is 42.5 Å². The van der Waals surface area contributed by atoms with Crippen molar-refractivity contribution in [2.75, 3.05) is 18.4 Å². The third kappa shape index (κ3) is 4.04. The van der Waals surface area contributed by atoms with Crippen molar-refractivity contribution in [1.29, 1.82) is 0 Å². The minimum absolute atomic E-state index is 0.0000950. The fraction of sp³-hybridized carbons (Fsp3) is 0.111. The molecule has 8 nitrogen and oxygen atoms in total. The summed E-state index contributed by atoms with van der Waals surface area (Å²) in [6, 6.07) is 17.6. The molecule has 0 atom stereocenters. The number of carbonyl (C=O) groups excluding carboxylic acids is 1. The van der Waals surface area contributed by atoms with Crippen molar-refractivity contribution in [2.24, 2.45) is 0 Å². The Kier molecular flexibility index (Phi) is 5.23. The molecule has 0 aliphatic rings. The first kappa shape index (κ1) is 17.2. The predicted octanol–water partition coefficient (Wildman–Crippen LogP) is 2.83. The summed E-state index contributed by atoms with van der Waals surface area (Å²) in [5, 5.41) is 23.5. The van der Waals surface area contributed by atoms with E-state index >= 15 is 0 Å². The lowest BCUT2D eigenvalue weighted by atomic mass is 10.1. The van der Waals surface area contributed by atoms with Gasteiger partial charge in [0, 0.05) is 24.7 Å². The summed E-state index contributed by atoms with van der Waals surface area (Å²) in [5.41, 5.74) is 2.38. The molecule has 0 saturated heterocycles. The van der Waals surface area contributed by atoms with E-state index in [1.165, 1.54) is 6.07 Å². The maximum absolute atomic E-state index is 12.2. The average Bonchev–Trinajstić information content (AvgIpc) is 3.16. The Morgan fingerprint density at radius 2 is 1.81 bits per heavy atom. The summed E-state index contributed by atoms with van der Waals surface area (Å²) >= 11 is 0. The molecule has 3 rings (SSSR count). The van der Waals surface area contributed by atoms with Gasteiger partial charge in [0.15, 0.2) is 0 Å². The van der Waals surface area contributed by atoms with Crippen molar-refractivity contribution in [3.63, 3.8) is 0 Å². The maximum atomic E-state index is 12.2. The fourth-order valence-corrected chi connectivity index (χ4v) is 2.45. The molecule has 1 heterocycles. The summed E-state index contributed by atoms with van der Waals surface area (Å²) < 4.78 is 0. The molecule has 3 N–H and O–H groups in total. The SMILES string of the molecule is O=C(NCCNc1ccccc1[N+](=O)[O-])c1cc(-c2ccccc2)n[nH]1.